The number of hydrogen-bond acceptors (Lipinski definition) is 2. The normalized spacial score (nSPS) is 12.6. The molecule has 0 aliphatic heterocycles. The van der Waals surface area contributed by atoms with E-state index < -0.39 is 29.6 Å². The fraction of sp³-hybridized carbons (Fsp3) is 0.188. The Balaban J connectivity index is 1.98. The fourth-order valence-corrected chi connectivity index (χ4v) is 1.78. The molecule has 1 unspecified atom stereocenters. The standard InChI is InChI=1S/C16H13F4NO2/c1-10(23-14-4-2-3-12(17)9-14)15(22)21-13-7-5-11(6-8-13)16(18,19)20/h2-10H,1H3,(H,21,22). The van der Waals surface area contributed by atoms with E-state index in [4.69, 9.17) is 4.74 Å². The molecule has 1 N–H and O–H groups in total. The molecule has 0 saturated heterocycles. The number of nitrogens with one attached hydrogen (secondary N) is 1. The van der Waals surface area contributed by atoms with E-state index in [9.17, 15) is 22.4 Å². The minimum atomic E-state index is -4.43. The highest BCUT2D eigenvalue weighted by atomic mass is 19.4. The molecule has 0 bridgehead atoms. The Labute approximate surface area is 129 Å². The Morgan fingerprint density at radius 1 is 1.13 bits per heavy atom. The Bertz CT molecular complexity index is 683. The molecule has 2 rings (SSSR count). The summed E-state index contributed by atoms with van der Waals surface area (Å²) in [5, 5.41) is 2.43. The van der Waals surface area contributed by atoms with Gasteiger partial charge in [0.2, 0.25) is 0 Å². The summed E-state index contributed by atoms with van der Waals surface area (Å²) in [6.07, 6.45) is -5.38. The quantitative estimate of drug-likeness (QED) is 0.853. The lowest BCUT2D eigenvalue weighted by Crippen LogP contribution is -2.30. The summed E-state index contributed by atoms with van der Waals surface area (Å²) >= 11 is 0. The zero-order chi connectivity index (χ0) is 17.0. The van der Waals surface area contributed by atoms with E-state index in [1.165, 1.54) is 25.1 Å². The van der Waals surface area contributed by atoms with Crippen molar-refractivity contribution in [1.82, 2.24) is 0 Å². The van der Waals surface area contributed by atoms with Crippen LogP contribution in [0.1, 0.15) is 12.5 Å². The number of carbonyl (C=O) groups is 1. The molecule has 0 aliphatic rings. The molecule has 122 valence electrons. The van der Waals surface area contributed by atoms with Gasteiger partial charge in [-0.2, -0.15) is 13.2 Å². The molecular formula is C16H13F4NO2. The molecule has 0 heterocycles. The zero-order valence-corrected chi connectivity index (χ0v) is 12.0. The smallest absolute Gasteiger partial charge is 0.416 e. The molecule has 2 aromatic rings. The highest BCUT2D eigenvalue weighted by Crippen LogP contribution is 2.29. The van der Waals surface area contributed by atoms with E-state index in [0.29, 0.717) is 0 Å². The SMILES string of the molecule is CC(Oc1cccc(F)c1)C(=O)Nc1ccc(C(F)(F)F)cc1. The molecule has 7 heteroatoms. The lowest BCUT2D eigenvalue weighted by molar-refractivity contribution is -0.137. The molecule has 0 aromatic heterocycles. The van der Waals surface area contributed by atoms with Crippen molar-refractivity contribution < 1.29 is 27.1 Å². The van der Waals surface area contributed by atoms with Crippen molar-refractivity contribution in [3.8, 4) is 5.75 Å². The van der Waals surface area contributed by atoms with E-state index in [-0.39, 0.29) is 11.4 Å². The fourth-order valence-electron chi connectivity index (χ4n) is 1.78. The summed E-state index contributed by atoms with van der Waals surface area (Å²) in [5.74, 6) is -0.882. The van der Waals surface area contributed by atoms with Gasteiger partial charge in [0.15, 0.2) is 6.10 Å². The van der Waals surface area contributed by atoms with Gasteiger partial charge in [-0.1, -0.05) is 6.07 Å². The van der Waals surface area contributed by atoms with Crippen LogP contribution in [0.25, 0.3) is 0 Å². The first kappa shape index (κ1) is 16.8. The molecule has 0 radical (unpaired) electrons. The van der Waals surface area contributed by atoms with Crippen molar-refractivity contribution in [2.75, 3.05) is 5.32 Å². The lowest BCUT2D eigenvalue weighted by atomic mass is 10.2. The van der Waals surface area contributed by atoms with Gasteiger partial charge >= 0.3 is 6.18 Å². The predicted octanol–water partition coefficient (Wildman–Crippen LogP) is 4.25. The molecule has 0 fully saturated rings. The van der Waals surface area contributed by atoms with Gasteiger partial charge in [-0.3, -0.25) is 4.79 Å². The molecule has 1 amide bonds. The maximum absolute atomic E-state index is 13.0. The van der Waals surface area contributed by atoms with Crippen LogP contribution in [-0.2, 0) is 11.0 Å². The van der Waals surface area contributed by atoms with Crippen LogP contribution in [-0.4, -0.2) is 12.0 Å². The Morgan fingerprint density at radius 3 is 2.35 bits per heavy atom. The third-order valence-corrected chi connectivity index (χ3v) is 2.96. The Hall–Kier alpha value is -2.57. The molecule has 23 heavy (non-hydrogen) atoms. The van der Waals surface area contributed by atoms with Gasteiger partial charge in [0.1, 0.15) is 11.6 Å². The second-order valence-corrected chi connectivity index (χ2v) is 4.78. The number of carbonyl (C=O) groups excluding carboxylic acids is 1. The van der Waals surface area contributed by atoms with Gasteiger partial charge in [-0.25, -0.2) is 4.39 Å². The monoisotopic (exact) mass is 327 g/mol. The van der Waals surface area contributed by atoms with Crippen LogP contribution in [0, 0.1) is 5.82 Å². The number of rotatable bonds is 4. The summed E-state index contributed by atoms with van der Waals surface area (Å²) in [7, 11) is 0. The average Bonchev–Trinajstić information content (AvgIpc) is 2.46. The predicted molar refractivity (Wildman–Crippen MR) is 76.6 cm³/mol. The summed E-state index contributed by atoms with van der Waals surface area (Å²) in [6.45, 7) is 1.45. The van der Waals surface area contributed by atoms with Crippen molar-refractivity contribution >= 4 is 11.6 Å². The highest BCUT2D eigenvalue weighted by molar-refractivity contribution is 5.94. The number of ether oxygens (including phenoxy) is 1. The second kappa shape index (κ2) is 6.68. The van der Waals surface area contributed by atoms with Crippen molar-refractivity contribution in [3.05, 3.63) is 59.9 Å². The summed E-state index contributed by atoms with van der Waals surface area (Å²) < 4.78 is 55.6. The number of amides is 1. The van der Waals surface area contributed by atoms with E-state index in [0.717, 1.165) is 30.3 Å². The Kier molecular flexibility index (Phi) is 4.88. The third kappa shape index (κ3) is 4.70. The Morgan fingerprint density at radius 2 is 1.78 bits per heavy atom. The van der Waals surface area contributed by atoms with Crippen molar-refractivity contribution in [2.45, 2.75) is 19.2 Å². The van der Waals surface area contributed by atoms with Gasteiger partial charge in [0.05, 0.1) is 5.56 Å². The molecule has 1 atom stereocenters. The first-order chi connectivity index (χ1) is 10.8. The van der Waals surface area contributed by atoms with Gasteiger partial charge in [0, 0.05) is 11.8 Å². The zero-order valence-electron chi connectivity index (χ0n) is 12.0. The first-order valence-electron chi connectivity index (χ1n) is 6.66. The third-order valence-electron chi connectivity index (χ3n) is 2.96. The largest absolute Gasteiger partial charge is 0.481 e. The topological polar surface area (TPSA) is 38.3 Å². The molecule has 0 saturated carbocycles. The van der Waals surface area contributed by atoms with Crippen molar-refractivity contribution in [3.63, 3.8) is 0 Å². The van der Waals surface area contributed by atoms with Gasteiger partial charge in [-0.05, 0) is 43.3 Å². The number of benzene rings is 2. The molecular weight excluding hydrogens is 314 g/mol. The van der Waals surface area contributed by atoms with Crippen LogP contribution < -0.4 is 10.1 Å². The van der Waals surface area contributed by atoms with Crippen LogP contribution in [0.3, 0.4) is 0 Å². The molecule has 2 aromatic carbocycles. The maximum Gasteiger partial charge on any atom is 0.416 e. The lowest BCUT2D eigenvalue weighted by Gasteiger charge is -2.15. The van der Waals surface area contributed by atoms with Crippen molar-refractivity contribution in [2.24, 2.45) is 0 Å². The average molecular weight is 327 g/mol. The second-order valence-electron chi connectivity index (χ2n) is 4.78. The highest BCUT2D eigenvalue weighted by Gasteiger charge is 2.30. The minimum absolute atomic E-state index is 0.181. The molecule has 3 nitrogen and oxygen atoms in total. The van der Waals surface area contributed by atoms with Crippen LogP contribution in [0.15, 0.2) is 48.5 Å². The summed E-state index contributed by atoms with van der Waals surface area (Å²) in [6, 6.07) is 9.32. The van der Waals surface area contributed by atoms with E-state index in [2.05, 4.69) is 5.32 Å². The summed E-state index contributed by atoms with van der Waals surface area (Å²) in [5.41, 5.74) is -0.600. The van der Waals surface area contributed by atoms with Crippen LogP contribution in [0.4, 0.5) is 23.2 Å². The van der Waals surface area contributed by atoms with E-state index >= 15 is 0 Å². The van der Waals surface area contributed by atoms with Crippen LogP contribution in [0.5, 0.6) is 5.75 Å². The minimum Gasteiger partial charge on any atom is -0.481 e. The van der Waals surface area contributed by atoms with Crippen LogP contribution >= 0.6 is 0 Å². The number of halogens is 4. The van der Waals surface area contributed by atoms with E-state index in [1.807, 2.05) is 0 Å². The number of anilines is 1. The maximum atomic E-state index is 13.0. The van der Waals surface area contributed by atoms with Crippen LogP contribution in [0.2, 0.25) is 0 Å². The van der Waals surface area contributed by atoms with Gasteiger partial charge in [0.25, 0.3) is 5.91 Å². The number of hydrogen-bond donors (Lipinski definition) is 1. The van der Waals surface area contributed by atoms with Crippen molar-refractivity contribution in [1.29, 1.82) is 0 Å². The molecule has 0 aliphatic carbocycles. The summed E-state index contributed by atoms with van der Waals surface area (Å²) in [4.78, 5) is 11.9. The number of alkyl halides is 3. The van der Waals surface area contributed by atoms with Gasteiger partial charge < -0.3 is 10.1 Å². The first-order valence-corrected chi connectivity index (χ1v) is 6.66. The molecule has 0 spiro atoms. The van der Waals surface area contributed by atoms with E-state index in [1.54, 1.807) is 0 Å². The van der Waals surface area contributed by atoms with Gasteiger partial charge in [-0.15, -0.1) is 0 Å².